The average Bonchev–Trinajstić information content (AvgIpc) is 1.99. The molecule has 1 saturated heterocycles. The Bertz CT molecular complexity index is 237. The van der Waals surface area contributed by atoms with Gasteiger partial charge in [0, 0.05) is 13.0 Å². The minimum atomic E-state index is -0.507. The highest BCUT2D eigenvalue weighted by molar-refractivity contribution is 5.68. The summed E-state index contributed by atoms with van der Waals surface area (Å²) in [6.45, 7) is 5.90. The summed E-state index contributed by atoms with van der Waals surface area (Å²) in [5.41, 5.74) is 5.25. The van der Waals surface area contributed by atoms with Crippen molar-refractivity contribution in [3.05, 3.63) is 0 Å². The number of piperidine rings is 1. The number of aliphatic hydroxyl groups is 1. The first-order valence-electron chi connectivity index (χ1n) is 5.23. The lowest BCUT2D eigenvalue weighted by atomic mass is 10.1. The topological polar surface area (TPSA) is 75.8 Å². The molecule has 88 valence electrons. The molecule has 1 rings (SSSR count). The predicted octanol–water partition coefficient (Wildman–Crippen LogP) is 0.663. The van der Waals surface area contributed by atoms with Gasteiger partial charge in [-0.15, -0.1) is 0 Å². The summed E-state index contributed by atoms with van der Waals surface area (Å²) in [7, 11) is 0. The number of likely N-dealkylation sites (tertiary alicyclic amines) is 1. The third-order valence-electron chi connectivity index (χ3n) is 2.25. The van der Waals surface area contributed by atoms with Gasteiger partial charge in [-0.1, -0.05) is 0 Å². The molecular weight excluding hydrogens is 196 g/mol. The standard InChI is InChI=1S/C10H20N2O3/c1-10(2,3)15-9(14)12-5-4-7(13)6-8(12)11/h7-8,13H,4-6,11H2,1-3H3. The van der Waals surface area contributed by atoms with Crippen LogP contribution in [0.3, 0.4) is 0 Å². The van der Waals surface area contributed by atoms with Gasteiger partial charge in [0.2, 0.25) is 0 Å². The highest BCUT2D eigenvalue weighted by Gasteiger charge is 2.31. The molecule has 1 aliphatic rings. The first-order chi connectivity index (χ1) is 6.79. The molecule has 15 heavy (non-hydrogen) atoms. The van der Waals surface area contributed by atoms with E-state index in [9.17, 15) is 9.90 Å². The average molecular weight is 216 g/mol. The quantitative estimate of drug-likeness (QED) is 0.624. The number of ether oxygens (including phenoxy) is 1. The highest BCUT2D eigenvalue weighted by atomic mass is 16.6. The Hall–Kier alpha value is -0.810. The fourth-order valence-electron chi connectivity index (χ4n) is 1.53. The Balaban J connectivity index is 2.53. The van der Waals surface area contributed by atoms with Crippen LogP contribution in [0.15, 0.2) is 0 Å². The molecule has 5 heteroatoms. The fourth-order valence-corrected chi connectivity index (χ4v) is 1.53. The van der Waals surface area contributed by atoms with Gasteiger partial charge in [-0.25, -0.2) is 4.79 Å². The van der Waals surface area contributed by atoms with Crippen LogP contribution in [0.25, 0.3) is 0 Å². The van der Waals surface area contributed by atoms with E-state index in [1.54, 1.807) is 0 Å². The molecule has 0 bridgehead atoms. The molecule has 3 N–H and O–H groups in total. The number of hydrogen-bond acceptors (Lipinski definition) is 4. The van der Waals surface area contributed by atoms with Gasteiger partial charge in [0.05, 0.1) is 12.3 Å². The highest BCUT2D eigenvalue weighted by Crippen LogP contribution is 2.17. The maximum absolute atomic E-state index is 11.7. The van der Waals surface area contributed by atoms with Crippen LogP contribution in [0, 0.1) is 0 Å². The van der Waals surface area contributed by atoms with Crippen molar-refractivity contribution in [2.24, 2.45) is 5.73 Å². The molecule has 5 nitrogen and oxygen atoms in total. The summed E-state index contributed by atoms with van der Waals surface area (Å²) in [5.74, 6) is 0. The molecule has 0 saturated carbocycles. The van der Waals surface area contributed by atoms with Crippen molar-refractivity contribution in [1.82, 2.24) is 4.90 Å². The van der Waals surface area contributed by atoms with Crippen LogP contribution in [0.1, 0.15) is 33.6 Å². The summed E-state index contributed by atoms with van der Waals surface area (Å²) in [6, 6.07) is 0. The summed E-state index contributed by atoms with van der Waals surface area (Å²) >= 11 is 0. The van der Waals surface area contributed by atoms with Crippen LogP contribution in [-0.4, -0.2) is 40.5 Å². The van der Waals surface area contributed by atoms with E-state index in [4.69, 9.17) is 10.5 Å². The van der Waals surface area contributed by atoms with Crippen LogP contribution < -0.4 is 5.73 Å². The van der Waals surface area contributed by atoms with Crippen LogP contribution in [0.5, 0.6) is 0 Å². The number of rotatable bonds is 0. The Labute approximate surface area is 90.2 Å². The number of aliphatic hydroxyl groups excluding tert-OH is 1. The second kappa shape index (κ2) is 4.37. The van der Waals surface area contributed by atoms with Crippen molar-refractivity contribution in [2.45, 2.75) is 51.5 Å². The number of carbonyl (C=O) groups excluding carboxylic acids is 1. The molecule has 1 aliphatic heterocycles. The van der Waals surface area contributed by atoms with E-state index in [1.165, 1.54) is 4.90 Å². The van der Waals surface area contributed by atoms with Crippen molar-refractivity contribution in [3.8, 4) is 0 Å². The molecule has 1 fully saturated rings. The third kappa shape index (κ3) is 3.68. The van der Waals surface area contributed by atoms with Crippen molar-refractivity contribution >= 4 is 6.09 Å². The van der Waals surface area contributed by atoms with Crippen LogP contribution in [-0.2, 0) is 4.74 Å². The Morgan fingerprint density at radius 3 is 2.60 bits per heavy atom. The molecule has 0 spiro atoms. The zero-order chi connectivity index (χ0) is 11.6. The van der Waals surface area contributed by atoms with E-state index in [1.807, 2.05) is 20.8 Å². The molecule has 1 amide bonds. The van der Waals surface area contributed by atoms with Gasteiger partial charge in [-0.2, -0.15) is 0 Å². The van der Waals surface area contributed by atoms with Crippen LogP contribution in [0.4, 0.5) is 4.79 Å². The summed E-state index contributed by atoms with van der Waals surface area (Å²) in [6.07, 6.45) is -0.268. The van der Waals surface area contributed by atoms with E-state index in [0.29, 0.717) is 19.4 Å². The largest absolute Gasteiger partial charge is 0.444 e. The maximum atomic E-state index is 11.7. The second-order valence-electron chi connectivity index (χ2n) is 4.92. The van der Waals surface area contributed by atoms with Crippen molar-refractivity contribution < 1.29 is 14.6 Å². The Morgan fingerprint density at radius 2 is 2.13 bits per heavy atom. The molecule has 2 unspecified atom stereocenters. The summed E-state index contributed by atoms with van der Waals surface area (Å²) in [4.78, 5) is 13.1. The third-order valence-corrected chi connectivity index (χ3v) is 2.25. The zero-order valence-electron chi connectivity index (χ0n) is 9.56. The molecular formula is C10H20N2O3. The Morgan fingerprint density at radius 1 is 1.53 bits per heavy atom. The smallest absolute Gasteiger partial charge is 0.411 e. The van der Waals surface area contributed by atoms with Crippen LogP contribution in [0.2, 0.25) is 0 Å². The number of amides is 1. The zero-order valence-corrected chi connectivity index (χ0v) is 9.56. The van der Waals surface area contributed by atoms with Gasteiger partial charge in [0.25, 0.3) is 0 Å². The van der Waals surface area contributed by atoms with Gasteiger partial charge >= 0.3 is 6.09 Å². The normalized spacial score (nSPS) is 27.7. The minimum Gasteiger partial charge on any atom is -0.444 e. The first kappa shape index (κ1) is 12.3. The van der Waals surface area contributed by atoms with Crippen molar-refractivity contribution in [2.75, 3.05) is 6.54 Å². The number of nitrogens with two attached hydrogens (primary N) is 1. The van der Waals surface area contributed by atoms with Crippen molar-refractivity contribution in [3.63, 3.8) is 0 Å². The van der Waals surface area contributed by atoms with Gasteiger partial charge in [0.15, 0.2) is 0 Å². The number of hydrogen-bond donors (Lipinski definition) is 2. The molecule has 0 aliphatic carbocycles. The number of carbonyl (C=O) groups is 1. The molecule has 0 aromatic rings. The minimum absolute atomic E-state index is 0.401. The lowest BCUT2D eigenvalue weighted by molar-refractivity contribution is -0.00662. The van der Waals surface area contributed by atoms with Gasteiger partial charge in [-0.3, -0.25) is 4.90 Å². The van der Waals surface area contributed by atoms with E-state index < -0.39 is 24.0 Å². The van der Waals surface area contributed by atoms with Gasteiger partial charge in [0.1, 0.15) is 5.60 Å². The van der Waals surface area contributed by atoms with Crippen LogP contribution >= 0.6 is 0 Å². The fraction of sp³-hybridized carbons (Fsp3) is 0.900. The number of nitrogens with zero attached hydrogens (tertiary/aromatic N) is 1. The van der Waals surface area contributed by atoms with Gasteiger partial charge < -0.3 is 15.6 Å². The molecule has 0 radical (unpaired) electrons. The Kier molecular flexibility index (Phi) is 3.57. The molecule has 0 aromatic carbocycles. The lowest BCUT2D eigenvalue weighted by Crippen LogP contribution is -2.53. The summed E-state index contributed by atoms with van der Waals surface area (Å²) in [5, 5.41) is 9.35. The van der Waals surface area contributed by atoms with E-state index in [2.05, 4.69) is 0 Å². The molecule has 1 heterocycles. The van der Waals surface area contributed by atoms with E-state index >= 15 is 0 Å². The first-order valence-corrected chi connectivity index (χ1v) is 5.23. The predicted molar refractivity (Wildman–Crippen MR) is 56.2 cm³/mol. The lowest BCUT2D eigenvalue weighted by Gasteiger charge is -2.36. The molecule has 2 atom stereocenters. The van der Waals surface area contributed by atoms with Gasteiger partial charge in [-0.05, 0) is 27.2 Å². The van der Waals surface area contributed by atoms with E-state index in [-0.39, 0.29) is 0 Å². The maximum Gasteiger partial charge on any atom is 0.411 e. The summed E-state index contributed by atoms with van der Waals surface area (Å²) < 4.78 is 5.21. The second-order valence-corrected chi connectivity index (χ2v) is 4.92. The SMILES string of the molecule is CC(C)(C)OC(=O)N1CCC(O)CC1N. The monoisotopic (exact) mass is 216 g/mol. The van der Waals surface area contributed by atoms with E-state index in [0.717, 1.165) is 0 Å². The van der Waals surface area contributed by atoms with Crippen molar-refractivity contribution in [1.29, 1.82) is 0 Å². The molecule has 0 aromatic heterocycles.